The third-order valence-electron chi connectivity index (χ3n) is 3.18. The molecule has 0 saturated carbocycles. The first kappa shape index (κ1) is 14.4. The molecule has 0 aliphatic carbocycles. The Hall–Kier alpha value is -1.56. The molecule has 1 unspecified atom stereocenters. The Morgan fingerprint density at radius 1 is 1.05 bits per heavy atom. The Morgan fingerprint density at radius 3 is 2.57 bits per heavy atom. The van der Waals surface area contributed by atoms with Crippen molar-refractivity contribution in [2.24, 2.45) is 0 Å². The molecule has 106 valence electrons. The number of halogens is 1. The van der Waals surface area contributed by atoms with Gasteiger partial charge in [-0.25, -0.2) is 0 Å². The van der Waals surface area contributed by atoms with E-state index in [1.807, 2.05) is 43.4 Å². The summed E-state index contributed by atoms with van der Waals surface area (Å²) >= 11 is 5.11. The summed E-state index contributed by atoms with van der Waals surface area (Å²) < 4.78 is 1.05. The lowest BCUT2D eigenvalue weighted by Crippen LogP contribution is -2.17. The lowest BCUT2D eigenvalue weighted by atomic mass is 10.1. The van der Waals surface area contributed by atoms with Gasteiger partial charge in [-0.05, 0) is 24.7 Å². The topological polar surface area (TPSA) is 37.8 Å². The Labute approximate surface area is 136 Å². The van der Waals surface area contributed by atoms with Crippen molar-refractivity contribution in [1.82, 2.24) is 15.5 Å². The third kappa shape index (κ3) is 3.20. The molecule has 1 heterocycles. The predicted octanol–water partition coefficient (Wildman–Crippen LogP) is 4.28. The van der Waals surface area contributed by atoms with Crippen LogP contribution in [0.15, 0.2) is 59.1 Å². The Morgan fingerprint density at radius 2 is 1.86 bits per heavy atom. The van der Waals surface area contributed by atoms with E-state index in [4.69, 9.17) is 0 Å². The highest BCUT2D eigenvalue weighted by molar-refractivity contribution is 9.10. The number of rotatable bonds is 4. The molecule has 3 aromatic rings. The summed E-state index contributed by atoms with van der Waals surface area (Å²) in [5.74, 6) is 0. The maximum Gasteiger partial charge on any atom is 0.147 e. The average Bonchev–Trinajstić information content (AvgIpc) is 2.99. The Kier molecular flexibility index (Phi) is 4.43. The van der Waals surface area contributed by atoms with Crippen molar-refractivity contribution in [3.05, 3.63) is 69.6 Å². The SMILES string of the molecule is CNC(c1ccccc1)c1nnc(-c2cccc(Br)c2)s1. The molecule has 0 saturated heterocycles. The van der Waals surface area contributed by atoms with Crippen LogP contribution in [0.25, 0.3) is 10.6 Å². The molecule has 1 atom stereocenters. The van der Waals surface area contributed by atoms with E-state index in [0.717, 1.165) is 20.1 Å². The summed E-state index contributed by atoms with van der Waals surface area (Å²) in [5, 5.41) is 13.9. The van der Waals surface area contributed by atoms with E-state index in [9.17, 15) is 0 Å². The molecule has 0 aliphatic heterocycles. The van der Waals surface area contributed by atoms with Crippen molar-refractivity contribution in [2.75, 3.05) is 7.05 Å². The Balaban J connectivity index is 1.94. The van der Waals surface area contributed by atoms with Crippen LogP contribution in [0.1, 0.15) is 16.6 Å². The first-order valence-corrected chi connectivity index (χ1v) is 8.20. The maximum absolute atomic E-state index is 4.36. The second kappa shape index (κ2) is 6.47. The van der Waals surface area contributed by atoms with Crippen molar-refractivity contribution in [3.8, 4) is 10.6 Å². The summed E-state index contributed by atoms with van der Waals surface area (Å²) in [6.07, 6.45) is 0. The summed E-state index contributed by atoms with van der Waals surface area (Å²) in [5.41, 5.74) is 2.27. The smallest absolute Gasteiger partial charge is 0.147 e. The quantitative estimate of drug-likeness (QED) is 0.755. The van der Waals surface area contributed by atoms with Gasteiger partial charge in [0, 0.05) is 10.0 Å². The molecule has 0 spiro atoms. The molecule has 5 heteroatoms. The number of nitrogens with one attached hydrogen (secondary N) is 1. The number of hydrogen-bond acceptors (Lipinski definition) is 4. The number of aromatic nitrogens is 2. The van der Waals surface area contributed by atoms with Gasteiger partial charge < -0.3 is 5.32 Å². The second-order valence-electron chi connectivity index (χ2n) is 4.59. The van der Waals surface area contributed by atoms with E-state index in [1.165, 1.54) is 5.56 Å². The first-order chi connectivity index (χ1) is 10.3. The average molecular weight is 360 g/mol. The monoisotopic (exact) mass is 359 g/mol. The highest BCUT2D eigenvalue weighted by Gasteiger charge is 2.17. The third-order valence-corrected chi connectivity index (χ3v) is 4.71. The molecule has 3 rings (SSSR count). The van der Waals surface area contributed by atoms with Crippen LogP contribution in [0, 0.1) is 0 Å². The van der Waals surface area contributed by atoms with E-state index in [2.05, 4.69) is 49.6 Å². The first-order valence-electron chi connectivity index (χ1n) is 6.59. The zero-order valence-corrected chi connectivity index (χ0v) is 13.9. The molecular weight excluding hydrogens is 346 g/mol. The number of nitrogens with zero attached hydrogens (tertiary/aromatic N) is 2. The van der Waals surface area contributed by atoms with Crippen molar-refractivity contribution in [3.63, 3.8) is 0 Å². The van der Waals surface area contributed by atoms with Crippen LogP contribution in [-0.4, -0.2) is 17.2 Å². The van der Waals surface area contributed by atoms with Crippen molar-refractivity contribution in [1.29, 1.82) is 0 Å². The van der Waals surface area contributed by atoms with Crippen LogP contribution in [0.3, 0.4) is 0 Å². The number of hydrogen-bond donors (Lipinski definition) is 1. The number of benzene rings is 2. The molecule has 1 N–H and O–H groups in total. The van der Waals surface area contributed by atoms with Gasteiger partial charge in [0.05, 0.1) is 6.04 Å². The van der Waals surface area contributed by atoms with Gasteiger partial charge >= 0.3 is 0 Å². The van der Waals surface area contributed by atoms with Gasteiger partial charge in [-0.2, -0.15) is 0 Å². The molecule has 0 amide bonds. The van der Waals surface area contributed by atoms with Gasteiger partial charge in [0.1, 0.15) is 10.0 Å². The fraction of sp³-hybridized carbons (Fsp3) is 0.125. The van der Waals surface area contributed by atoms with E-state index < -0.39 is 0 Å². The van der Waals surface area contributed by atoms with Gasteiger partial charge in [-0.1, -0.05) is 69.7 Å². The van der Waals surface area contributed by atoms with E-state index in [1.54, 1.807) is 11.3 Å². The fourth-order valence-electron chi connectivity index (χ4n) is 2.17. The van der Waals surface area contributed by atoms with Crippen LogP contribution in [0.2, 0.25) is 0 Å². The zero-order valence-electron chi connectivity index (χ0n) is 11.5. The lowest BCUT2D eigenvalue weighted by molar-refractivity contribution is 0.678. The summed E-state index contributed by atoms with van der Waals surface area (Å²) in [6.45, 7) is 0. The standard InChI is InChI=1S/C16H14BrN3S/c1-18-14(11-6-3-2-4-7-11)16-20-19-15(21-16)12-8-5-9-13(17)10-12/h2-10,14,18H,1H3. The predicted molar refractivity (Wildman–Crippen MR) is 90.4 cm³/mol. The minimum absolute atomic E-state index is 0.0737. The van der Waals surface area contributed by atoms with Crippen LogP contribution < -0.4 is 5.32 Å². The zero-order chi connectivity index (χ0) is 14.7. The minimum atomic E-state index is 0.0737. The summed E-state index contributed by atoms with van der Waals surface area (Å²) in [7, 11) is 1.94. The van der Waals surface area contributed by atoms with E-state index >= 15 is 0 Å². The molecule has 3 nitrogen and oxygen atoms in total. The van der Waals surface area contributed by atoms with Crippen molar-refractivity contribution in [2.45, 2.75) is 6.04 Å². The normalized spacial score (nSPS) is 12.3. The second-order valence-corrected chi connectivity index (χ2v) is 6.51. The molecule has 21 heavy (non-hydrogen) atoms. The van der Waals surface area contributed by atoms with Crippen LogP contribution in [-0.2, 0) is 0 Å². The van der Waals surface area contributed by atoms with Gasteiger partial charge in [-0.15, -0.1) is 10.2 Å². The van der Waals surface area contributed by atoms with E-state index in [0.29, 0.717) is 0 Å². The molecular formula is C16H14BrN3S. The largest absolute Gasteiger partial charge is 0.307 e. The maximum atomic E-state index is 4.36. The summed E-state index contributed by atoms with van der Waals surface area (Å²) in [6, 6.07) is 18.5. The van der Waals surface area contributed by atoms with Gasteiger partial charge in [0.15, 0.2) is 0 Å². The van der Waals surface area contributed by atoms with E-state index in [-0.39, 0.29) is 6.04 Å². The molecule has 2 aromatic carbocycles. The molecule has 1 aromatic heterocycles. The van der Waals surface area contributed by atoms with Crippen LogP contribution in [0.5, 0.6) is 0 Å². The minimum Gasteiger partial charge on any atom is -0.307 e. The molecule has 0 radical (unpaired) electrons. The van der Waals surface area contributed by atoms with Gasteiger partial charge in [0.2, 0.25) is 0 Å². The van der Waals surface area contributed by atoms with Crippen LogP contribution in [0.4, 0.5) is 0 Å². The van der Waals surface area contributed by atoms with Crippen molar-refractivity contribution >= 4 is 27.3 Å². The summed E-state index contributed by atoms with van der Waals surface area (Å²) in [4.78, 5) is 0. The van der Waals surface area contributed by atoms with Crippen LogP contribution >= 0.6 is 27.3 Å². The fourth-order valence-corrected chi connectivity index (χ4v) is 3.54. The highest BCUT2D eigenvalue weighted by atomic mass is 79.9. The van der Waals surface area contributed by atoms with Crippen molar-refractivity contribution < 1.29 is 0 Å². The molecule has 0 aliphatic rings. The van der Waals surface area contributed by atoms with Gasteiger partial charge in [-0.3, -0.25) is 0 Å². The lowest BCUT2D eigenvalue weighted by Gasteiger charge is -2.12. The highest BCUT2D eigenvalue weighted by Crippen LogP contribution is 2.30. The Bertz CT molecular complexity index is 727. The molecule has 0 fully saturated rings. The molecule has 0 bridgehead atoms. The van der Waals surface area contributed by atoms with Gasteiger partial charge in [0.25, 0.3) is 0 Å².